The minimum absolute atomic E-state index is 0.319. The van der Waals surface area contributed by atoms with Crippen LogP contribution < -0.4 is 0 Å². The fourth-order valence-electron chi connectivity index (χ4n) is 1.59. The summed E-state index contributed by atoms with van der Waals surface area (Å²) < 4.78 is 0. The van der Waals surface area contributed by atoms with E-state index in [2.05, 4.69) is 0 Å². The first-order valence-corrected chi connectivity index (χ1v) is 4.72. The van der Waals surface area contributed by atoms with Crippen LogP contribution in [0.15, 0.2) is 0 Å². The van der Waals surface area contributed by atoms with Gasteiger partial charge in [0, 0.05) is 0 Å². The monoisotopic (exact) mass is 234 g/mol. The Kier molecular flexibility index (Phi) is 5.91. The first-order valence-electron chi connectivity index (χ1n) is 4.72. The van der Waals surface area contributed by atoms with Crippen LogP contribution in [0.4, 0.5) is 4.79 Å². The topological polar surface area (TPSA) is 132 Å². The molecule has 4 N–H and O–H groups in total. The number of rotatable bonds is 2. The molecule has 0 amide bonds. The van der Waals surface area contributed by atoms with Gasteiger partial charge in [-0.1, -0.05) is 0 Å². The number of hydrogen-bond acceptors (Lipinski definition) is 3. The molecular weight excluding hydrogens is 220 g/mol. The van der Waals surface area contributed by atoms with Crippen LogP contribution in [0.5, 0.6) is 0 Å². The highest BCUT2D eigenvalue weighted by molar-refractivity contribution is 5.72. The Balaban J connectivity index is 0.000000487. The van der Waals surface area contributed by atoms with Crippen molar-refractivity contribution in [2.45, 2.75) is 25.7 Å². The summed E-state index contributed by atoms with van der Waals surface area (Å²) in [6.45, 7) is 0. The largest absolute Gasteiger partial charge is 0.503 e. The van der Waals surface area contributed by atoms with Gasteiger partial charge in [-0.25, -0.2) is 4.79 Å². The predicted octanol–water partition coefficient (Wildman–Crippen LogP) is 1.18. The van der Waals surface area contributed by atoms with Crippen molar-refractivity contribution in [2.24, 2.45) is 11.8 Å². The second kappa shape index (κ2) is 6.65. The van der Waals surface area contributed by atoms with Crippen LogP contribution in [0.1, 0.15) is 25.7 Å². The van der Waals surface area contributed by atoms with Crippen LogP contribution in [-0.4, -0.2) is 38.5 Å². The first-order chi connectivity index (χ1) is 7.34. The van der Waals surface area contributed by atoms with Gasteiger partial charge in [0.15, 0.2) is 0 Å². The van der Waals surface area contributed by atoms with Gasteiger partial charge >= 0.3 is 18.1 Å². The number of carboxylic acid groups (broad SMARTS) is 4. The molecule has 92 valence electrons. The van der Waals surface area contributed by atoms with Gasteiger partial charge in [-0.2, -0.15) is 0 Å². The first kappa shape index (κ1) is 14.2. The zero-order valence-corrected chi connectivity index (χ0v) is 8.50. The summed E-state index contributed by atoms with van der Waals surface area (Å²) in [5, 5.41) is 31.2. The van der Waals surface area contributed by atoms with Crippen molar-refractivity contribution < 1.29 is 34.8 Å². The Labute approximate surface area is 91.3 Å². The maximum absolute atomic E-state index is 10.5. The van der Waals surface area contributed by atoms with Crippen LogP contribution >= 0.6 is 0 Å². The summed E-state index contributed by atoms with van der Waals surface area (Å²) in [7, 11) is 0. The molecule has 1 rings (SSSR count). The average molecular weight is 234 g/mol. The molecule has 0 bridgehead atoms. The highest BCUT2D eigenvalue weighted by Gasteiger charge is 2.29. The van der Waals surface area contributed by atoms with E-state index in [0.29, 0.717) is 25.7 Å². The zero-order chi connectivity index (χ0) is 12.7. The summed E-state index contributed by atoms with van der Waals surface area (Å²) >= 11 is 0. The summed E-state index contributed by atoms with van der Waals surface area (Å²) in [6, 6.07) is 0. The summed E-state index contributed by atoms with van der Waals surface area (Å²) in [5.74, 6) is -2.22. The van der Waals surface area contributed by atoms with Gasteiger partial charge in [0.05, 0.1) is 11.8 Å². The molecule has 0 heterocycles. The molecule has 1 aliphatic rings. The quantitative estimate of drug-likeness (QED) is 0.563. The fraction of sp³-hybridized carbons (Fsp3) is 0.667. The average Bonchev–Trinajstić information content (AvgIpc) is 2.17. The van der Waals surface area contributed by atoms with Crippen molar-refractivity contribution in [1.29, 1.82) is 0 Å². The number of hydrogen-bond donors (Lipinski definition) is 4. The summed E-state index contributed by atoms with van der Waals surface area (Å²) in [5.41, 5.74) is 0. The van der Waals surface area contributed by atoms with Gasteiger partial charge in [0.25, 0.3) is 0 Å². The van der Waals surface area contributed by atoms with Crippen molar-refractivity contribution in [2.75, 3.05) is 0 Å². The number of aliphatic carboxylic acids is 2. The van der Waals surface area contributed by atoms with Gasteiger partial charge in [0.1, 0.15) is 0 Å². The normalized spacial score (nSPS) is 23.8. The zero-order valence-electron chi connectivity index (χ0n) is 8.50. The lowest BCUT2D eigenvalue weighted by Crippen LogP contribution is -2.25. The van der Waals surface area contributed by atoms with Crippen LogP contribution in [0.2, 0.25) is 0 Å². The lowest BCUT2D eigenvalue weighted by Gasteiger charge is -2.22. The van der Waals surface area contributed by atoms with Gasteiger partial charge < -0.3 is 20.4 Å². The third-order valence-electron chi connectivity index (χ3n) is 2.43. The minimum atomic E-state index is -1.83. The molecular formula is C9H14O7. The van der Waals surface area contributed by atoms with Crippen LogP contribution in [0.25, 0.3) is 0 Å². The predicted molar refractivity (Wildman–Crippen MR) is 51.4 cm³/mol. The molecule has 16 heavy (non-hydrogen) atoms. The Morgan fingerprint density at radius 2 is 0.875 bits per heavy atom. The molecule has 0 atom stereocenters. The second-order valence-electron chi connectivity index (χ2n) is 3.51. The molecule has 1 fully saturated rings. The summed E-state index contributed by atoms with van der Waals surface area (Å²) in [4.78, 5) is 29.5. The highest BCUT2D eigenvalue weighted by Crippen LogP contribution is 2.28. The Bertz CT molecular complexity index is 239. The molecule has 0 spiro atoms. The molecule has 0 unspecified atom stereocenters. The molecule has 1 aliphatic carbocycles. The van der Waals surface area contributed by atoms with E-state index in [1.165, 1.54) is 0 Å². The maximum atomic E-state index is 10.5. The van der Waals surface area contributed by atoms with E-state index in [1.807, 2.05) is 0 Å². The van der Waals surface area contributed by atoms with E-state index in [0.717, 1.165) is 0 Å². The van der Waals surface area contributed by atoms with E-state index < -0.39 is 18.1 Å². The molecule has 7 heteroatoms. The van der Waals surface area contributed by atoms with E-state index in [9.17, 15) is 9.59 Å². The Morgan fingerprint density at radius 3 is 1.00 bits per heavy atom. The van der Waals surface area contributed by atoms with E-state index >= 15 is 0 Å². The van der Waals surface area contributed by atoms with Gasteiger partial charge in [-0.05, 0) is 25.7 Å². The standard InChI is InChI=1S/C8H12O4.CH2O3/c9-7(10)5-1-2-6(4-3-5)8(11)12;2-1(3)4/h5-6H,1-4H2,(H,9,10)(H,11,12);(H2,2,3,4). The third-order valence-corrected chi connectivity index (χ3v) is 2.43. The Hall–Kier alpha value is -1.79. The van der Waals surface area contributed by atoms with E-state index in [4.69, 9.17) is 25.2 Å². The maximum Gasteiger partial charge on any atom is 0.503 e. The minimum Gasteiger partial charge on any atom is -0.481 e. The van der Waals surface area contributed by atoms with Crippen LogP contribution in [-0.2, 0) is 9.59 Å². The van der Waals surface area contributed by atoms with Crippen molar-refractivity contribution >= 4 is 18.1 Å². The van der Waals surface area contributed by atoms with E-state index in [1.54, 1.807) is 0 Å². The lowest BCUT2D eigenvalue weighted by atomic mass is 9.82. The van der Waals surface area contributed by atoms with Gasteiger partial charge in [-0.3, -0.25) is 9.59 Å². The molecule has 0 aromatic rings. The molecule has 0 aliphatic heterocycles. The van der Waals surface area contributed by atoms with Crippen molar-refractivity contribution in [3.63, 3.8) is 0 Å². The van der Waals surface area contributed by atoms with Gasteiger partial charge in [-0.15, -0.1) is 0 Å². The molecule has 0 saturated heterocycles. The molecule has 1 saturated carbocycles. The molecule has 0 radical (unpaired) electrons. The van der Waals surface area contributed by atoms with Crippen molar-refractivity contribution in [1.82, 2.24) is 0 Å². The van der Waals surface area contributed by atoms with Crippen molar-refractivity contribution in [3.8, 4) is 0 Å². The number of carboxylic acids is 2. The SMILES string of the molecule is O=C(O)C1CCC(C(=O)O)CC1.O=C(O)O. The lowest BCUT2D eigenvalue weighted by molar-refractivity contribution is -0.148. The van der Waals surface area contributed by atoms with Crippen LogP contribution in [0.3, 0.4) is 0 Å². The molecule has 0 aromatic heterocycles. The Morgan fingerprint density at radius 1 is 0.688 bits per heavy atom. The molecule has 0 aromatic carbocycles. The molecule has 7 nitrogen and oxygen atoms in total. The van der Waals surface area contributed by atoms with Gasteiger partial charge in [0.2, 0.25) is 0 Å². The smallest absolute Gasteiger partial charge is 0.481 e. The number of carbonyl (C=O) groups is 3. The second-order valence-corrected chi connectivity index (χ2v) is 3.51. The third kappa shape index (κ3) is 5.84. The highest BCUT2D eigenvalue weighted by atomic mass is 16.6. The van der Waals surface area contributed by atoms with Crippen molar-refractivity contribution in [3.05, 3.63) is 0 Å². The van der Waals surface area contributed by atoms with E-state index in [-0.39, 0.29) is 11.8 Å². The van der Waals surface area contributed by atoms with Crippen LogP contribution in [0, 0.1) is 11.8 Å². The fourth-order valence-corrected chi connectivity index (χ4v) is 1.59. The summed E-state index contributed by atoms with van der Waals surface area (Å²) in [6.07, 6.45) is 0.192.